The Bertz CT molecular complexity index is 771. The molecule has 0 radical (unpaired) electrons. The second-order valence-electron chi connectivity index (χ2n) is 6.30. The van der Waals surface area contributed by atoms with Crippen LogP contribution in [0.4, 0.5) is 4.39 Å². The SMILES string of the molecule is CN(C)S(=O)(=O)c1ccc(F)c(C(=O)OCC(=O)N2CCCCCC2)c1. The number of halogens is 1. The Kier molecular flexibility index (Phi) is 6.71. The van der Waals surface area contributed by atoms with Crippen LogP contribution in [0.15, 0.2) is 23.1 Å². The number of amides is 1. The maximum atomic E-state index is 13.9. The standard InChI is InChI=1S/C17H23FN2O5S/c1-19(2)26(23,24)13-7-8-15(18)14(11-13)17(22)25-12-16(21)20-9-5-3-4-6-10-20/h7-8,11H,3-6,9-10,12H2,1-2H3. The van der Waals surface area contributed by atoms with Crippen molar-refractivity contribution in [3.63, 3.8) is 0 Å². The third-order valence-electron chi connectivity index (χ3n) is 4.22. The monoisotopic (exact) mass is 386 g/mol. The minimum atomic E-state index is -3.82. The molecular weight excluding hydrogens is 363 g/mol. The van der Waals surface area contributed by atoms with Crippen molar-refractivity contribution in [2.24, 2.45) is 0 Å². The highest BCUT2D eigenvalue weighted by Gasteiger charge is 2.23. The quantitative estimate of drug-likeness (QED) is 0.719. The summed E-state index contributed by atoms with van der Waals surface area (Å²) in [6.07, 6.45) is 3.92. The normalized spacial score (nSPS) is 15.6. The third-order valence-corrected chi connectivity index (χ3v) is 6.03. The van der Waals surface area contributed by atoms with Gasteiger partial charge in [-0.2, -0.15) is 0 Å². The average Bonchev–Trinajstić information content (AvgIpc) is 2.88. The molecule has 2 rings (SSSR count). The first-order valence-corrected chi connectivity index (χ1v) is 9.84. The van der Waals surface area contributed by atoms with E-state index in [9.17, 15) is 22.4 Å². The maximum absolute atomic E-state index is 13.9. The summed E-state index contributed by atoms with van der Waals surface area (Å²) in [6.45, 7) is 0.728. The van der Waals surface area contributed by atoms with E-state index in [4.69, 9.17) is 4.74 Å². The van der Waals surface area contributed by atoms with Crippen LogP contribution in [-0.4, -0.2) is 63.3 Å². The molecule has 0 aliphatic carbocycles. The number of likely N-dealkylation sites (tertiary alicyclic amines) is 1. The molecule has 1 fully saturated rings. The summed E-state index contributed by atoms with van der Waals surface area (Å²) in [5.41, 5.74) is -0.517. The van der Waals surface area contributed by atoms with Crippen LogP contribution < -0.4 is 0 Å². The molecule has 0 bridgehead atoms. The lowest BCUT2D eigenvalue weighted by Crippen LogP contribution is -2.35. The largest absolute Gasteiger partial charge is 0.452 e. The van der Waals surface area contributed by atoms with Crippen molar-refractivity contribution in [3.05, 3.63) is 29.6 Å². The highest BCUT2D eigenvalue weighted by Crippen LogP contribution is 2.18. The Morgan fingerprint density at radius 3 is 2.35 bits per heavy atom. The van der Waals surface area contributed by atoms with Crippen molar-refractivity contribution >= 4 is 21.9 Å². The molecule has 26 heavy (non-hydrogen) atoms. The molecule has 0 aromatic heterocycles. The lowest BCUT2D eigenvalue weighted by atomic mass is 10.2. The predicted molar refractivity (Wildman–Crippen MR) is 92.6 cm³/mol. The van der Waals surface area contributed by atoms with E-state index >= 15 is 0 Å². The molecular formula is C17H23FN2O5S. The maximum Gasteiger partial charge on any atom is 0.341 e. The molecule has 7 nitrogen and oxygen atoms in total. The molecule has 1 amide bonds. The van der Waals surface area contributed by atoms with E-state index in [2.05, 4.69) is 0 Å². The molecule has 0 atom stereocenters. The minimum absolute atomic E-state index is 0.227. The van der Waals surface area contributed by atoms with Gasteiger partial charge < -0.3 is 9.64 Å². The van der Waals surface area contributed by atoms with E-state index in [1.165, 1.54) is 14.1 Å². The number of benzene rings is 1. The van der Waals surface area contributed by atoms with E-state index in [0.29, 0.717) is 13.1 Å². The van der Waals surface area contributed by atoms with E-state index < -0.39 is 34.0 Å². The minimum Gasteiger partial charge on any atom is -0.452 e. The van der Waals surface area contributed by atoms with Crippen LogP contribution in [0.1, 0.15) is 36.0 Å². The summed E-state index contributed by atoms with van der Waals surface area (Å²) in [5, 5.41) is 0. The average molecular weight is 386 g/mol. The van der Waals surface area contributed by atoms with Gasteiger partial charge in [-0.3, -0.25) is 4.79 Å². The second kappa shape index (κ2) is 8.59. The highest BCUT2D eigenvalue weighted by atomic mass is 32.2. The summed E-state index contributed by atoms with van der Waals surface area (Å²) >= 11 is 0. The fourth-order valence-electron chi connectivity index (χ4n) is 2.65. The zero-order chi connectivity index (χ0) is 19.3. The van der Waals surface area contributed by atoms with E-state index in [-0.39, 0.29) is 10.8 Å². The van der Waals surface area contributed by atoms with Gasteiger partial charge in [0.15, 0.2) is 6.61 Å². The highest BCUT2D eigenvalue weighted by molar-refractivity contribution is 7.89. The summed E-state index contributed by atoms with van der Waals surface area (Å²) < 4.78 is 44.0. The number of ether oxygens (including phenoxy) is 1. The van der Waals surface area contributed by atoms with E-state index in [1.807, 2.05) is 0 Å². The molecule has 1 aromatic carbocycles. The van der Waals surface area contributed by atoms with Crippen LogP contribution >= 0.6 is 0 Å². The van der Waals surface area contributed by atoms with Gasteiger partial charge >= 0.3 is 5.97 Å². The summed E-state index contributed by atoms with van der Waals surface area (Å²) in [5.74, 6) is -2.31. The van der Waals surface area contributed by atoms with Gasteiger partial charge in [0.25, 0.3) is 5.91 Å². The van der Waals surface area contributed by atoms with E-state index in [0.717, 1.165) is 48.2 Å². The molecule has 1 aromatic rings. The van der Waals surface area contributed by atoms with Gasteiger partial charge in [-0.1, -0.05) is 12.8 Å². The third kappa shape index (κ3) is 4.79. The first kappa shape index (κ1) is 20.3. The zero-order valence-electron chi connectivity index (χ0n) is 14.9. The van der Waals surface area contributed by atoms with Gasteiger partial charge in [0, 0.05) is 27.2 Å². The van der Waals surface area contributed by atoms with Crippen LogP contribution in [0.5, 0.6) is 0 Å². The van der Waals surface area contributed by atoms with E-state index in [1.54, 1.807) is 4.90 Å². The molecule has 0 N–H and O–H groups in total. The van der Waals surface area contributed by atoms with Gasteiger partial charge in [-0.15, -0.1) is 0 Å². The Labute approximate surface area is 152 Å². The van der Waals surface area contributed by atoms with Crippen LogP contribution in [0.3, 0.4) is 0 Å². The fraction of sp³-hybridized carbons (Fsp3) is 0.529. The second-order valence-corrected chi connectivity index (χ2v) is 8.45. The first-order chi connectivity index (χ1) is 12.2. The van der Waals surface area contributed by atoms with Crippen molar-refractivity contribution < 1.29 is 27.1 Å². The van der Waals surface area contributed by atoms with Crippen molar-refractivity contribution in [1.29, 1.82) is 0 Å². The number of nitrogens with zero attached hydrogens (tertiary/aromatic N) is 2. The molecule has 9 heteroatoms. The molecule has 1 heterocycles. The molecule has 1 saturated heterocycles. The summed E-state index contributed by atoms with van der Waals surface area (Å²) in [7, 11) is -1.16. The number of esters is 1. The van der Waals surface area contributed by atoms with Gasteiger partial charge in [0.05, 0.1) is 10.5 Å². The molecule has 0 spiro atoms. The van der Waals surface area contributed by atoms with Gasteiger partial charge in [-0.25, -0.2) is 21.9 Å². The van der Waals surface area contributed by atoms with Gasteiger partial charge in [0.2, 0.25) is 10.0 Å². The number of carbonyl (C=O) groups excluding carboxylic acids is 2. The van der Waals surface area contributed by atoms with Crippen molar-refractivity contribution in [2.75, 3.05) is 33.8 Å². The predicted octanol–water partition coefficient (Wildman–Crippen LogP) is 1.64. The van der Waals surface area contributed by atoms with Gasteiger partial charge in [0.1, 0.15) is 5.82 Å². The van der Waals surface area contributed by atoms with Crippen LogP contribution in [0, 0.1) is 5.82 Å². The smallest absolute Gasteiger partial charge is 0.341 e. The zero-order valence-corrected chi connectivity index (χ0v) is 15.7. The van der Waals surface area contributed by atoms with Crippen molar-refractivity contribution in [2.45, 2.75) is 30.6 Å². The summed E-state index contributed by atoms with van der Waals surface area (Å²) in [4.78, 5) is 25.7. The molecule has 144 valence electrons. The number of sulfonamides is 1. The Hall–Kier alpha value is -2.00. The van der Waals surface area contributed by atoms with Crippen LogP contribution in [0.25, 0.3) is 0 Å². The number of carbonyl (C=O) groups is 2. The van der Waals surface area contributed by atoms with Crippen LogP contribution in [0.2, 0.25) is 0 Å². The number of hydrogen-bond donors (Lipinski definition) is 0. The molecule has 0 unspecified atom stereocenters. The molecule has 1 aliphatic heterocycles. The summed E-state index contributed by atoms with van der Waals surface area (Å²) in [6, 6.07) is 2.89. The fourth-order valence-corrected chi connectivity index (χ4v) is 3.58. The Morgan fingerprint density at radius 2 is 1.77 bits per heavy atom. The first-order valence-electron chi connectivity index (χ1n) is 8.40. The topological polar surface area (TPSA) is 84.0 Å². The number of hydrogen-bond acceptors (Lipinski definition) is 5. The lowest BCUT2D eigenvalue weighted by molar-refractivity contribution is -0.134. The van der Waals surface area contributed by atoms with Crippen molar-refractivity contribution in [1.82, 2.24) is 9.21 Å². The Morgan fingerprint density at radius 1 is 1.15 bits per heavy atom. The lowest BCUT2D eigenvalue weighted by Gasteiger charge is -2.20. The van der Waals surface area contributed by atoms with Crippen molar-refractivity contribution in [3.8, 4) is 0 Å². The molecule has 0 saturated carbocycles. The van der Waals surface area contributed by atoms with Gasteiger partial charge in [-0.05, 0) is 31.0 Å². The van der Waals surface area contributed by atoms with Crippen LogP contribution in [-0.2, 0) is 19.6 Å². The number of rotatable bonds is 5. The molecule has 1 aliphatic rings. The Balaban J connectivity index is 2.08.